The zero-order valence-electron chi connectivity index (χ0n) is 8.56. The molecule has 1 atom stereocenters. The highest BCUT2D eigenvalue weighted by atomic mass is 127. The van der Waals surface area contributed by atoms with Crippen LogP contribution in [0.3, 0.4) is 0 Å². The Morgan fingerprint density at radius 3 is 2.69 bits per heavy atom. The summed E-state index contributed by atoms with van der Waals surface area (Å²) in [6.45, 7) is 0. The first-order chi connectivity index (χ1) is 7.79. The molecule has 1 aromatic heterocycles. The molecule has 3 nitrogen and oxygen atoms in total. The fourth-order valence-corrected chi connectivity index (χ4v) is 2.47. The SMILES string of the molecule is NNC(Cc1ccc(I)cc1)c1cscn1. The zero-order chi connectivity index (χ0) is 11.4. The van der Waals surface area contributed by atoms with E-state index in [-0.39, 0.29) is 6.04 Å². The van der Waals surface area contributed by atoms with Gasteiger partial charge >= 0.3 is 0 Å². The van der Waals surface area contributed by atoms with Crippen LogP contribution in [-0.2, 0) is 6.42 Å². The first-order valence-electron chi connectivity index (χ1n) is 4.88. The van der Waals surface area contributed by atoms with Gasteiger partial charge < -0.3 is 0 Å². The molecule has 0 amide bonds. The third kappa shape index (κ3) is 3.00. The van der Waals surface area contributed by atoms with Crippen LogP contribution in [0.2, 0.25) is 0 Å². The van der Waals surface area contributed by atoms with Gasteiger partial charge in [-0.05, 0) is 46.7 Å². The Labute approximate surface area is 112 Å². The van der Waals surface area contributed by atoms with Gasteiger partial charge in [0.25, 0.3) is 0 Å². The van der Waals surface area contributed by atoms with E-state index in [4.69, 9.17) is 5.84 Å². The number of aromatic nitrogens is 1. The largest absolute Gasteiger partial charge is 0.271 e. The summed E-state index contributed by atoms with van der Waals surface area (Å²) in [5, 5.41) is 2.03. The van der Waals surface area contributed by atoms with E-state index in [1.165, 1.54) is 9.13 Å². The van der Waals surface area contributed by atoms with Crippen molar-refractivity contribution >= 4 is 33.9 Å². The third-order valence-electron chi connectivity index (χ3n) is 2.36. The molecule has 0 aliphatic rings. The van der Waals surface area contributed by atoms with E-state index >= 15 is 0 Å². The average molecular weight is 345 g/mol. The molecule has 1 aromatic carbocycles. The zero-order valence-corrected chi connectivity index (χ0v) is 11.5. The van der Waals surface area contributed by atoms with Crippen molar-refractivity contribution in [3.63, 3.8) is 0 Å². The van der Waals surface area contributed by atoms with Crippen molar-refractivity contribution in [3.8, 4) is 0 Å². The maximum atomic E-state index is 5.55. The van der Waals surface area contributed by atoms with Crippen LogP contribution in [0.1, 0.15) is 17.3 Å². The number of nitrogens with two attached hydrogens (primary N) is 1. The normalized spacial score (nSPS) is 12.6. The Bertz CT molecular complexity index is 427. The fraction of sp³-hybridized carbons (Fsp3) is 0.182. The number of benzene rings is 1. The number of nitrogens with one attached hydrogen (secondary N) is 1. The van der Waals surface area contributed by atoms with Crippen LogP contribution < -0.4 is 11.3 Å². The second-order valence-electron chi connectivity index (χ2n) is 3.46. The summed E-state index contributed by atoms with van der Waals surface area (Å²) in [6.07, 6.45) is 0.858. The lowest BCUT2D eigenvalue weighted by Gasteiger charge is -2.13. The van der Waals surface area contributed by atoms with Gasteiger partial charge in [0.1, 0.15) is 0 Å². The molecule has 0 radical (unpaired) electrons. The summed E-state index contributed by atoms with van der Waals surface area (Å²) >= 11 is 3.89. The van der Waals surface area contributed by atoms with Gasteiger partial charge in [-0.2, -0.15) is 0 Å². The Morgan fingerprint density at radius 1 is 1.38 bits per heavy atom. The summed E-state index contributed by atoms with van der Waals surface area (Å²) in [5.74, 6) is 5.55. The minimum absolute atomic E-state index is 0.0892. The number of halogens is 1. The van der Waals surface area contributed by atoms with Crippen LogP contribution >= 0.6 is 33.9 Å². The number of hydrogen-bond acceptors (Lipinski definition) is 4. The van der Waals surface area contributed by atoms with Crippen LogP contribution in [0.4, 0.5) is 0 Å². The number of hydrogen-bond donors (Lipinski definition) is 2. The Hall–Kier alpha value is -0.500. The quantitative estimate of drug-likeness (QED) is 0.509. The Kier molecular flexibility index (Phi) is 4.28. The summed E-state index contributed by atoms with van der Waals surface area (Å²) in [4.78, 5) is 4.28. The lowest BCUT2D eigenvalue weighted by molar-refractivity contribution is 0.541. The van der Waals surface area contributed by atoms with Crippen molar-refractivity contribution in [2.24, 2.45) is 5.84 Å². The molecular weight excluding hydrogens is 333 g/mol. The van der Waals surface area contributed by atoms with Crippen molar-refractivity contribution < 1.29 is 0 Å². The molecule has 0 aliphatic carbocycles. The molecule has 84 valence electrons. The summed E-state index contributed by atoms with van der Waals surface area (Å²) in [5.41, 5.74) is 6.90. The van der Waals surface area contributed by atoms with Crippen LogP contribution in [0, 0.1) is 3.57 Å². The van der Waals surface area contributed by atoms with Gasteiger partial charge in [0.2, 0.25) is 0 Å². The lowest BCUT2D eigenvalue weighted by atomic mass is 10.0. The molecule has 0 saturated heterocycles. The van der Waals surface area contributed by atoms with Crippen LogP contribution in [-0.4, -0.2) is 4.98 Å². The molecule has 5 heteroatoms. The lowest BCUT2D eigenvalue weighted by Crippen LogP contribution is -2.29. The Balaban J connectivity index is 2.10. The molecule has 2 aromatic rings. The van der Waals surface area contributed by atoms with Crippen LogP contribution in [0.5, 0.6) is 0 Å². The average Bonchev–Trinajstić information content (AvgIpc) is 2.82. The maximum Gasteiger partial charge on any atom is 0.0795 e. The van der Waals surface area contributed by atoms with E-state index in [9.17, 15) is 0 Å². The molecule has 3 N–H and O–H groups in total. The molecule has 0 bridgehead atoms. The van der Waals surface area contributed by atoms with Crippen molar-refractivity contribution in [1.82, 2.24) is 10.4 Å². The fourth-order valence-electron chi connectivity index (χ4n) is 1.50. The monoisotopic (exact) mass is 345 g/mol. The van der Waals surface area contributed by atoms with E-state index < -0.39 is 0 Å². The molecule has 0 aliphatic heterocycles. The Morgan fingerprint density at radius 2 is 2.12 bits per heavy atom. The van der Waals surface area contributed by atoms with Crippen molar-refractivity contribution in [2.75, 3.05) is 0 Å². The van der Waals surface area contributed by atoms with E-state index in [2.05, 4.69) is 57.3 Å². The maximum absolute atomic E-state index is 5.55. The first-order valence-corrected chi connectivity index (χ1v) is 6.90. The van der Waals surface area contributed by atoms with Crippen molar-refractivity contribution in [1.29, 1.82) is 0 Å². The molecule has 16 heavy (non-hydrogen) atoms. The second-order valence-corrected chi connectivity index (χ2v) is 5.43. The van der Waals surface area contributed by atoms with Crippen LogP contribution in [0.15, 0.2) is 35.2 Å². The molecule has 2 rings (SSSR count). The molecule has 1 unspecified atom stereocenters. The van der Waals surface area contributed by atoms with Crippen molar-refractivity contribution in [3.05, 3.63) is 50.0 Å². The number of nitrogens with zero attached hydrogens (tertiary/aromatic N) is 1. The number of hydrazine groups is 1. The second kappa shape index (κ2) is 5.72. The molecule has 1 heterocycles. The highest BCUT2D eigenvalue weighted by Crippen LogP contribution is 2.18. The van der Waals surface area contributed by atoms with E-state index in [1.807, 2.05) is 10.9 Å². The molecular formula is C11H12IN3S. The molecule has 0 saturated carbocycles. The third-order valence-corrected chi connectivity index (χ3v) is 3.69. The smallest absolute Gasteiger partial charge is 0.0795 e. The summed E-state index contributed by atoms with van der Waals surface area (Å²) in [7, 11) is 0. The van der Waals surface area contributed by atoms with Crippen molar-refractivity contribution in [2.45, 2.75) is 12.5 Å². The van der Waals surface area contributed by atoms with E-state index in [0.717, 1.165) is 12.1 Å². The van der Waals surface area contributed by atoms with E-state index in [0.29, 0.717) is 0 Å². The van der Waals surface area contributed by atoms with Gasteiger partial charge in [-0.1, -0.05) is 12.1 Å². The molecule has 0 fully saturated rings. The number of thiazole rings is 1. The van der Waals surface area contributed by atoms with Crippen LogP contribution in [0.25, 0.3) is 0 Å². The standard InChI is InChI=1S/C11H12IN3S/c12-9-3-1-8(2-4-9)5-10(15-13)11-6-16-7-14-11/h1-4,6-7,10,15H,5,13H2. The minimum Gasteiger partial charge on any atom is -0.271 e. The minimum atomic E-state index is 0.0892. The van der Waals surface area contributed by atoms with Gasteiger partial charge in [0, 0.05) is 8.95 Å². The number of rotatable bonds is 4. The highest BCUT2D eigenvalue weighted by molar-refractivity contribution is 14.1. The van der Waals surface area contributed by atoms with Gasteiger partial charge in [-0.25, -0.2) is 4.98 Å². The van der Waals surface area contributed by atoms with Gasteiger partial charge in [-0.3, -0.25) is 11.3 Å². The summed E-state index contributed by atoms with van der Waals surface area (Å²) < 4.78 is 1.24. The van der Waals surface area contributed by atoms with Gasteiger partial charge in [0.15, 0.2) is 0 Å². The topological polar surface area (TPSA) is 50.9 Å². The van der Waals surface area contributed by atoms with E-state index in [1.54, 1.807) is 11.3 Å². The van der Waals surface area contributed by atoms with Gasteiger partial charge in [0.05, 0.1) is 17.2 Å². The predicted octanol–water partition coefficient (Wildman–Crippen LogP) is 2.49. The highest BCUT2D eigenvalue weighted by Gasteiger charge is 2.12. The van der Waals surface area contributed by atoms with Gasteiger partial charge in [-0.15, -0.1) is 11.3 Å². The predicted molar refractivity (Wildman–Crippen MR) is 75.0 cm³/mol. The first kappa shape index (κ1) is 12.0. The molecule has 0 spiro atoms. The summed E-state index contributed by atoms with van der Waals surface area (Å²) in [6, 6.07) is 8.54.